The van der Waals surface area contributed by atoms with Gasteiger partial charge in [-0.1, -0.05) is 32.1 Å². The van der Waals surface area contributed by atoms with Crippen molar-refractivity contribution in [2.24, 2.45) is 5.92 Å². The number of hydrogen-bond donors (Lipinski definition) is 2. The summed E-state index contributed by atoms with van der Waals surface area (Å²) < 4.78 is 0. The van der Waals surface area contributed by atoms with Gasteiger partial charge in [-0.05, 0) is 17.9 Å². The highest BCUT2D eigenvalue weighted by Crippen LogP contribution is 2.18. The lowest BCUT2D eigenvalue weighted by atomic mass is 9.94. The summed E-state index contributed by atoms with van der Waals surface area (Å²) in [4.78, 5) is 0. The van der Waals surface area contributed by atoms with E-state index in [1.54, 1.807) is 12.2 Å². The topological polar surface area (TPSA) is 40.5 Å². The van der Waals surface area contributed by atoms with Crippen LogP contribution in [-0.2, 0) is 0 Å². The molecule has 0 saturated carbocycles. The summed E-state index contributed by atoms with van der Waals surface area (Å²) in [6.45, 7) is 3.95. The molecule has 0 saturated heterocycles. The zero-order valence-electron chi connectivity index (χ0n) is 7.57. The van der Waals surface area contributed by atoms with E-state index in [9.17, 15) is 5.11 Å². The molecule has 1 rings (SSSR count). The predicted molar refractivity (Wildman–Crippen MR) is 48.7 cm³/mol. The molecule has 0 aromatic rings. The maximum absolute atomic E-state index is 9.64. The highest BCUT2D eigenvalue weighted by Gasteiger charge is 2.15. The van der Waals surface area contributed by atoms with Crippen molar-refractivity contribution in [1.29, 1.82) is 0 Å². The first-order chi connectivity index (χ1) is 5.61. The van der Waals surface area contributed by atoms with Crippen molar-refractivity contribution in [3.05, 3.63) is 23.8 Å². The molecule has 2 N–H and O–H groups in total. The quantitative estimate of drug-likeness (QED) is 0.651. The number of rotatable bonds is 2. The lowest BCUT2D eigenvalue weighted by Crippen LogP contribution is -2.19. The fourth-order valence-corrected chi connectivity index (χ4v) is 1.23. The Labute approximate surface area is 73.2 Å². The summed E-state index contributed by atoms with van der Waals surface area (Å²) in [5.41, 5.74) is 0.926. The third-order valence-corrected chi connectivity index (χ3v) is 2.08. The molecule has 1 aliphatic rings. The third kappa shape index (κ3) is 2.19. The van der Waals surface area contributed by atoms with E-state index in [1.165, 1.54) is 0 Å². The van der Waals surface area contributed by atoms with Gasteiger partial charge in [0.05, 0.1) is 12.2 Å². The smallest absolute Gasteiger partial charge is 0.0809 e. The van der Waals surface area contributed by atoms with Crippen LogP contribution in [0.15, 0.2) is 23.8 Å². The van der Waals surface area contributed by atoms with Gasteiger partial charge in [0.15, 0.2) is 0 Å². The number of aliphatic hydroxyl groups excluding tert-OH is 2. The van der Waals surface area contributed by atoms with Crippen LogP contribution in [0.5, 0.6) is 0 Å². The van der Waals surface area contributed by atoms with E-state index in [4.69, 9.17) is 5.11 Å². The van der Waals surface area contributed by atoms with Gasteiger partial charge >= 0.3 is 0 Å². The summed E-state index contributed by atoms with van der Waals surface area (Å²) in [6.07, 6.45) is 5.28. The predicted octanol–water partition coefficient (Wildman–Crippen LogP) is 1.25. The van der Waals surface area contributed by atoms with Crippen molar-refractivity contribution < 1.29 is 10.2 Å². The fraction of sp³-hybridized carbons (Fsp3) is 0.600. The zero-order valence-corrected chi connectivity index (χ0v) is 7.57. The van der Waals surface area contributed by atoms with Crippen LogP contribution in [0, 0.1) is 5.92 Å². The van der Waals surface area contributed by atoms with Gasteiger partial charge in [-0.25, -0.2) is 0 Å². The Morgan fingerprint density at radius 2 is 2.17 bits per heavy atom. The van der Waals surface area contributed by atoms with Gasteiger partial charge in [0.1, 0.15) is 0 Å². The minimum absolute atomic E-state index is 0.233. The van der Waals surface area contributed by atoms with Gasteiger partial charge in [-0.3, -0.25) is 0 Å². The molecule has 0 aliphatic heterocycles. The van der Waals surface area contributed by atoms with Gasteiger partial charge in [0, 0.05) is 0 Å². The van der Waals surface area contributed by atoms with Crippen LogP contribution in [0.2, 0.25) is 0 Å². The lowest BCUT2D eigenvalue weighted by Gasteiger charge is -2.19. The minimum atomic E-state index is -0.395. The van der Waals surface area contributed by atoms with E-state index < -0.39 is 6.10 Å². The van der Waals surface area contributed by atoms with Crippen molar-refractivity contribution in [3.63, 3.8) is 0 Å². The summed E-state index contributed by atoms with van der Waals surface area (Å²) in [5.74, 6) is 0.233. The normalized spacial score (nSPS) is 25.8. The van der Waals surface area contributed by atoms with Crippen molar-refractivity contribution in [2.75, 3.05) is 0 Å². The van der Waals surface area contributed by atoms with E-state index >= 15 is 0 Å². The van der Waals surface area contributed by atoms with Gasteiger partial charge in [-0.15, -0.1) is 0 Å². The second-order valence-corrected chi connectivity index (χ2v) is 3.56. The Kier molecular flexibility index (Phi) is 3.06. The first kappa shape index (κ1) is 9.49. The van der Waals surface area contributed by atoms with Crippen LogP contribution >= 0.6 is 0 Å². The molecule has 2 unspecified atom stereocenters. The van der Waals surface area contributed by atoms with E-state index in [-0.39, 0.29) is 12.0 Å². The molecule has 2 heteroatoms. The Morgan fingerprint density at radius 1 is 1.50 bits per heavy atom. The van der Waals surface area contributed by atoms with E-state index in [0.29, 0.717) is 6.42 Å². The monoisotopic (exact) mass is 168 g/mol. The molecule has 0 fully saturated rings. The Hall–Kier alpha value is -0.600. The zero-order chi connectivity index (χ0) is 9.14. The van der Waals surface area contributed by atoms with Crippen molar-refractivity contribution in [1.82, 2.24) is 0 Å². The highest BCUT2D eigenvalue weighted by atomic mass is 16.3. The largest absolute Gasteiger partial charge is 0.389 e. The highest BCUT2D eigenvalue weighted by molar-refractivity contribution is 5.27. The van der Waals surface area contributed by atoms with Crippen LogP contribution in [0.1, 0.15) is 20.3 Å². The Balaban J connectivity index is 2.60. The molecule has 1 aliphatic carbocycles. The van der Waals surface area contributed by atoms with Gasteiger partial charge in [0.25, 0.3) is 0 Å². The molecular formula is C10H16O2. The van der Waals surface area contributed by atoms with E-state index in [1.807, 2.05) is 19.9 Å². The van der Waals surface area contributed by atoms with Gasteiger partial charge < -0.3 is 10.2 Å². The van der Waals surface area contributed by atoms with Crippen molar-refractivity contribution in [3.8, 4) is 0 Å². The van der Waals surface area contributed by atoms with Crippen molar-refractivity contribution >= 4 is 0 Å². The SMILES string of the molecule is CC(C)C(O)C1=CCC(O)C=C1. The molecular weight excluding hydrogens is 152 g/mol. The van der Waals surface area contributed by atoms with Crippen LogP contribution in [0.3, 0.4) is 0 Å². The van der Waals surface area contributed by atoms with Gasteiger partial charge in [-0.2, -0.15) is 0 Å². The lowest BCUT2D eigenvalue weighted by molar-refractivity contribution is 0.160. The fourth-order valence-electron chi connectivity index (χ4n) is 1.23. The summed E-state index contributed by atoms with van der Waals surface area (Å²) in [6, 6.07) is 0. The molecule has 0 amide bonds. The van der Waals surface area contributed by atoms with Crippen LogP contribution in [0.4, 0.5) is 0 Å². The standard InChI is InChI=1S/C10H16O2/c1-7(2)10(12)8-3-5-9(11)6-4-8/h3-5,7,9-12H,6H2,1-2H3. The molecule has 2 nitrogen and oxygen atoms in total. The molecule has 0 bridgehead atoms. The second-order valence-electron chi connectivity index (χ2n) is 3.56. The molecule has 0 heterocycles. The summed E-state index contributed by atoms with van der Waals surface area (Å²) in [5, 5.41) is 18.8. The summed E-state index contributed by atoms with van der Waals surface area (Å²) in [7, 11) is 0. The first-order valence-electron chi connectivity index (χ1n) is 4.35. The Morgan fingerprint density at radius 3 is 2.58 bits per heavy atom. The average molecular weight is 168 g/mol. The van der Waals surface area contributed by atoms with Crippen molar-refractivity contribution in [2.45, 2.75) is 32.5 Å². The average Bonchev–Trinajstić information content (AvgIpc) is 2.04. The molecule has 2 atom stereocenters. The molecule has 0 radical (unpaired) electrons. The first-order valence-corrected chi connectivity index (χ1v) is 4.35. The maximum Gasteiger partial charge on any atom is 0.0809 e. The van der Waals surface area contributed by atoms with Crippen LogP contribution < -0.4 is 0 Å². The van der Waals surface area contributed by atoms with E-state index in [2.05, 4.69) is 0 Å². The second kappa shape index (κ2) is 3.87. The molecule has 0 spiro atoms. The summed E-state index contributed by atoms with van der Waals surface area (Å²) >= 11 is 0. The minimum Gasteiger partial charge on any atom is -0.389 e. The number of aliphatic hydroxyl groups is 2. The molecule has 0 aromatic heterocycles. The molecule has 12 heavy (non-hydrogen) atoms. The van der Waals surface area contributed by atoms with Gasteiger partial charge in [0.2, 0.25) is 0 Å². The Bertz CT molecular complexity index is 204. The van der Waals surface area contributed by atoms with Crippen LogP contribution in [-0.4, -0.2) is 22.4 Å². The third-order valence-electron chi connectivity index (χ3n) is 2.08. The maximum atomic E-state index is 9.64. The van der Waals surface area contributed by atoms with E-state index in [0.717, 1.165) is 5.57 Å². The van der Waals surface area contributed by atoms with Crippen LogP contribution in [0.25, 0.3) is 0 Å². The molecule has 0 aromatic carbocycles. The number of hydrogen-bond acceptors (Lipinski definition) is 2. The molecule has 68 valence electrons.